The first-order valence-electron chi connectivity index (χ1n) is 3.82. The van der Waals surface area contributed by atoms with E-state index in [0.29, 0.717) is 0 Å². The summed E-state index contributed by atoms with van der Waals surface area (Å²) in [6.07, 6.45) is 1.71. The molecule has 1 aromatic heterocycles. The lowest BCUT2D eigenvalue weighted by Gasteiger charge is -2.13. The predicted octanol–water partition coefficient (Wildman–Crippen LogP) is 2.40. The van der Waals surface area contributed by atoms with E-state index in [1.54, 1.807) is 6.20 Å². The Morgan fingerprint density at radius 1 is 1.62 bits per heavy atom. The van der Waals surface area contributed by atoms with Gasteiger partial charge in [-0.3, -0.25) is 0 Å². The Hall–Kier alpha value is -0.130. The summed E-state index contributed by atoms with van der Waals surface area (Å²) in [4.78, 5) is 4.09. The van der Waals surface area contributed by atoms with E-state index in [4.69, 9.17) is 5.11 Å². The van der Waals surface area contributed by atoms with Crippen molar-refractivity contribution in [3.63, 3.8) is 0 Å². The number of hydrogen-bond donors (Lipinski definition) is 2. The molecule has 0 aliphatic heterocycles. The Morgan fingerprint density at radius 3 is 2.92 bits per heavy atom. The van der Waals surface area contributed by atoms with Gasteiger partial charge in [-0.1, -0.05) is 0 Å². The smallest absolute Gasteiger partial charge is 0.129 e. The second-order valence-corrected chi connectivity index (χ2v) is 4.39. The third-order valence-electron chi connectivity index (χ3n) is 1.48. The number of halogens is 2. The Morgan fingerprint density at radius 2 is 2.31 bits per heavy atom. The summed E-state index contributed by atoms with van der Waals surface area (Å²) in [5.74, 6) is 0. The topological polar surface area (TPSA) is 45.1 Å². The molecular formula is C8H10Br2N2O. The van der Waals surface area contributed by atoms with Crippen molar-refractivity contribution in [2.45, 2.75) is 13.0 Å². The molecule has 13 heavy (non-hydrogen) atoms. The van der Waals surface area contributed by atoms with Crippen molar-refractivity contribution in [1.82, 2.24) is 4.98 Å². The normalized spacial score (nSPS) is 12.6. The van der Waals surface area contributed by atoms with Gasteiger partial charge in [-0.2, -0.15) is 0 Å². The van der Waals surface area contributed by atoms with Crippen LogP contribution in [0.3, 0.4) is 0 Å². The standard InChI is InChI=1S/C8H10Br2N2O/c1-5(4-13)12-7-2-6(9)3-11-8(7)10/h2-3,5,12-13H,4H2,1H3/t5-/m0/s1. The number of aliphatic hydroxyl groups excluding tert-OH is 1. The van der Waals surface area contributed by atoms with Crippen molar-refractivity contribution < 1.29 is 5.11 Å². The monoisotopic (exact) mass is 308 g/mol. The molecule has 0 aliphatic carbocycles. The van der Waals surface area contributed by atoms with Crippen LogP contribution in [-0.2, 0) is 0 Å². The quantitative estimate of drug-likeness (QED) is 0.843. The first-order chi connectivity index (χ1) is 6.13. The zero-order valence-electron chi connectivity index (χ0n) is 7.09. The SMILES string of the molecule is C[C@@H](CO)Nc1cc(Br)cnc1Br. The second-order valence-electron chi connectivity index (χ2n) is 2.72. The summed E-state index contributed by atoms with van der Waals surface area (Å²) in [5, 5.41) is 12.0. The highest BCUT2D eigenvalue weighted by molar-refractivity contribution is 9.11. The van der Waals surface area contributed by atoms with Crippen molar-refractivity contribution >= 4 is 37.5 Å². The van der Waals surface area contributed by atoms with Gasteiger partial charge in [0.1, 0.15) is 4.60 Å². The molecule has 0 saturated heterocycles. The maximum Gasteiger partial charge on any atom is 0.129 e. The van der Waals surface area contributed by atoms with Crippen molar-refractivity contribution in [3.05, 3.63) is 21.3 Å². The lowest BCUT2D eigenvalue weighted by atomic mass is 10.3. The fraction of sp³-hybridized carbons (Fsp3) is 0.375. The summed E-state index contributed by atoms with van der Waals surface area (Å²) in [6.45, 7) is 1.99. The molecule has 0 spiro atoms. The molecule has 0 radical (unpaired) electrons. The van der Waals surface area contributed by atoms with Gasteiger partial charge >= 0.3 is 0 Å². The Kier molecular flexibility index (Phi) is 4.15. The first kappa shape index (κ1) is 10.9. The fourth-order valence-electron chi connectivity index (χ4n) is 0.835. The van der Waals surface area contributed by atoms with E-state index in [9.17, 15) is 0 Å². The lowest BCUT2D eigenvalue weighted by molar-refractivity contribution is 0.281. The van der Waals surface area contributed by atoms with E-state index < -0.39 is 0 Å². The molecule has 0 fully saturated rings. The van der Waals surface area contributed by atoms with Crippen LogP contribution in [0.15, 0.2) is 21.3 Å². The minimum absolute atomic E-state index is 0.0207. The molecule has 0 aliphatic rings. The summed E-state index contributed by atoms with van der Waals surface area (Å²) in [7, 11) is 0. The number of aliphatic hydroxyl groups is 1. The van der Waals surface area contributed by atoms with Gasteiger partial charge in [-0.25, -0.2) is 4.98 Å². The van der Waals surface area contributed by atoms with Crippen molar-refractivity contribution in [3.8, 4) is 0 Å². The number of nitrogens with one attached hydrogen (secondary N) is 1. The minimum atomic E-state index is 0.0207. The molecule has 2 N–H and O–H groups in total. The Bertz CT molecular complexity index is 293. The van der Waals surface area contributed by atoms with Crippen LogP contribution in [0.5, 0.6) is 0 Å². The highest BCUT2D eigenvalue weighted by Gasteiger charge is 2.04. The highest BCUT2D eigenvalue weighted by atomic mass is 79.9. The van der Waals surface area contributed by atoms with Crippen LogP contribution < -0.4 is 5.32 Å². The number of anilines is 1. The molecule has 0 aromatic carbocycles. The van der Waals surface area contributed by atoms with E-state index in [2.05, 4.69) is 42.2 Å². The average Bonchev–Trinajstić information content (AvgIpc) is 2.11. The summed E-state index contributed by atoms with van der Waals surface area (Å²) < 4.78 is 1.65. The molecule has 1 rings (SSSR count). The highest BCUT2D eigenvalue weighted by Crippen LogP contribution is 2.23. The van der Waals surface area contributed by atoms with Crippen LogP contribution in [-0.4, -0.2) is 22.7 Å². The second kappa shape index (κ2) is 4.93. The van der Waals surface area contributed by atoms with Gasteiger partial charge in [0.25, 0.3) is 0 Å². The molecule has 3 nitrogen and oxygen atoms in total. The maximum absolute atomic E-state index is 8.85. The molecule has 0 amide bonds. The lowest BCUT2D eigenvalue weighted by Crippen LogP contribution is -2.19. The van der Waals surface area contributed by atoms with E-state index in [1.165, 1.54) is 0 Å². The molecule has 0 saturated carbocycles. The Balaban J connectivity index is 2.81. The molecule has 0 bridgehead atoms. The van der Waals surface area contributed by atoms with E-state index >= 15 is 0 Å². The molecular weight excluding hydrogens is 300 g/mol. The van der Waals surface area contributed by atoms with Crippen LogP contribution in [0.25, 0.3) is 0 Å². The van der Waals surface area contributed by atoms with Gasteiger partial charge in [0.15, 0.2) is 0 Å². The zero-order chi connectivity index (χ0) is 9.84. The van der Waals surface area contributed by atoms with Gasteiger partial charge < -0.3 is 10.4 Å². The van der Waals surface area contributed by atoms with E-state index in [0.717, 1.165) is 14.8 Å². The molecule has 5 heteroatoms. The zero-order valence-corrected chi connectivity index (χ0v) is 10.3. The van der Waals surface area contributed by atoms with Gasteiger partial charge in [0.2, 0.25) is 0 Å². The van der Waals surface area contributed by atoms with Crippen LogP contribution in [0.4, 0.5) is 5.69 Å². The predicted molar refractivity (Wildman–Crippen MR) is 59.8 cm³/mol. The van der Waals surface area contributed by atoms with E-state index in [-0.39, 0.29) is 12.6 Å². The summed E-state index contributed by atoms with van der Waals surface area (Å²) in [5.41, 5.74) is 0.871. The molecule has 1 aromatic rings. The number of rotatable bonds is 3. The first-order valence-corrected chi connectivity index (χ1v) is 5.40. The van der Waals surface area contributed by atoms with Gasteiger partial charge in [0, 0.05) is 16.7 Å². The molecule has 72 valence electrons. The number of nitrogens with zero attached hydrogens (tertiary/aromatic N) is 1. The van der Waals surface area contributed by atoms with Crippen molar-refractivity contribution in [2.75, 3.05) is 11.9 Å². The van der Waals surface area contributed by atoms with Crippen LogP contribution in [0.2, 0.25) is 0 Å². The van der Waals surface area contributed by atoms with Crippen LogP contribution in [0.1, 0.15) is 6.92 Å². The van der Waals surface area contributed by atoms with E-state index in [1.807, 2.05) is 13.0 Å². The van der Waals surface area contributed by atoms with Crippen molar-refractivity contribution in [1.29, 1.82) is 0 Å². The maximum atomic E-state index is 8.85. The number of pyridine rings is 1. The third kappa shape index (κ3) is 3.25. The fourth-order valence-corrected chi connectivity index (χ4v) is 1.50. The number of aromatic nitrogens is 1. The minimum Gasteiger partial charge on any atom is -0.394 e. The van der Waals surface area contributed by atoms with Crippen LogP contribution >= 0.6 is 31.9 Å². The molecule has 1 atom stereocenters. The third-order valence-corrected chi connectivity index (χ3v) is 2.55. The largest absolute Gasteiger partial charge is 0.394 e. The van der Waals surface area contributed by atoms with Crippen LogP contribution in [0, 0.1) is 0 Å². The van der Waals surface area contributed by atoms with Gasteiger partial charge in [-0.15, -0.1) is 0 Å². The summed E-state index contributed by atoms with van der Waals surface area (Å²) in [6, 6.07) is 1.93. The summed E-state index contributed by atoms with van der Waals surface area (Å²) >= 11 is 6.63. The number of hydrogen-bond acceptors (Lipinski definition) is 3. The van der Waals surface area contributed by atoms with Gasteiger partial charge in [-0.05, 0) is 44.8 Å². The Labute approximate surface area is 93.8 Å². The molecule has 1 heterocycles. The average molecular weight is 310 g/mol. The van der Waals surface area contributed by atoms with Crippen molar-refractivity contribution in [2.24, 2.45) is 0 Å². The van der Waals surface area contributed by atoms with Gasteiger partial charge in [0.05, 0.1) is 12.3 Å². The molecule has 0 unspecified atom stereocenters.